The van der Waals surface area contributed by atoms with E-state index in [2.05, 4.69) is 10.3 Å². The lowest BCUT2D eigenvalue weighted by Gasteiger charge is -2.20. The van der Waals surface area contributed by atoms with E-state index in [9.17, 15) is 4.79 Å². The van der Waals surface area contributed by atoms with Crippen molar-refractivity contribution in [1.82, 2.24) is 10.3 Å². The minimum Gasteiger partial charge on any atom is -0.394 e. The number of hydrogen-bond donors (Lipinski definition) is 2. The van der Waals surface area contributed by atoms with Crippen molar-refractivity contribution >= 4 is 29.1 Å². The highest BCUT2D eigenvalue weighted by Gasteiger charge is 2.18. The fourth-order valence-electron chi connectivity index (χ4n) is 1.25. The molecule has 1 aromatic rings. The molecule has 0 radical (unpaired) electrons. The lowest BCUT2D eigenvalue weighted by molar-refractivity contribution is 0.0896. The molecule has 17 heavy (non-hydrogen) atoms. The maximum absolute atomic E-state index is 11.9. The van der Waals surface area contributed by atoms with Crippen molar-refractivity contribution in [3.63, 3.8) is 0 Å². The van der Waals surface area contributed by atoms with E-state index in [1.807, 2.05) is 13.8 Å². The molecule has 0 aliphatic rings. The van der Waals surface area contributed by atoms with Gasteiger partial charge >= 0.3 is 0 Å². The van der Waals surface area contributed by atoms with E-state index < -0.39 is 0 Å². The summed E-state index contributed by atoms with van der Waals surface area (Å²) >= 11 is 11.4. The zero-order chi connectivity index (χ0) is 13.0. The quantitative estimate of drug-likeness (QED) is 0.829. The minimum absolute atomic E-state index is 0.0513. The van der Waals surface area contributed by atoms with Gasteiger partial charge in [0.15, 0.2) is 0 Å². The van der Waals surface area contributed by atoms with E-state index in [4.69, 9.17) is 28.3 Å². The van der Waals surface area contributed by atoms with Gasteiger partial charge < -0.3 is 10.4 Å². The van der Waals surface area contributed by atoms with Crippen LogP contribution in [-0.4, -0.2) is 28.6 Å². The number of amides is 1. The molecule has 1 heterocycles. The summed E-state index contributed by atoms with van der Waals surface area (Å²) < 4.78 is 0. The number of nitrogens with zero attached hydrogens (tertiary/aromatic N) is 1. The number of aliphatic hydroxyl groups is 1. The van der Waals surface area contributed by atoms with Crippen LogP contribution < -0.4 is 5.32 Å². The summed E-state index contributed by atoms with van der Waals surface area (Å²) in [5, 5.41) is 12.1. The molecule has 0 fully saturated rings. The van der Waals surface area contributed by atoms with E-state index in [1.165, 1.54) is 12.1 Å². The molecule has 0 unspecified atom stereocenters. The lowest BCUT2D eigenvalue weighted by atomic mass is 10.1. The van der Waals surface area contributed by atoms with Gasteiger partial charge in [-0.1, -0.05) is 37.0 Å². The molecule has 0 aromatic carbocycles. The van der Waals surface area contributed by atoms with Crippen LogP contribution in [0.2, 0.25) is 10.3 Å². The van der Waals surface area contributed by atoms with Gasteiger partial charge in [0.05, 0.1) is 18.2 Å². The normalized spacial score (nSPS) is 12.6. The Hall–Kier alpha value is -0.840. The predicted molar refractivity (Wildman–Crippen MR) is 67.4 cm³/mol. The summed E-state index contributed by atoms with van der Waals surface area (Å²) in [4.78, 5) is 15.6. The number of aliphatic hydroxyl groups excluding tert-OH is 1. The average Bonchev–Trinajstić information content (AvgIpc) is 2.24. The Morgan fingerprint density at radius 2 is 2.12 bits per heavy atom. The van der Waals surface area contributed by atoms with Gasteiger partial charge in [0.25, 0.3) is 5.91 Å². The first-order valence-corrected chi connectivity index (χ1v) is 5.95. The van der Waals surface area contributed by atoms with E-state index in [1.54, 1.807) is 0 Å². The van der Waals surface area contributed by atoms with Crippen LogP contribution in [0.3, 0.4) is 0 Å². The number of hydrogen-bond acceptors (Lipinski definition) is 3. The van der Waals surface area contributed by atoms with E-state index in [-0.39, 0.29) is 40.3 Å². The van der Waals surface area contributed by atoms with Crippen LogP contribution in [0.15, 0.2) is 12.1 Å². The van der Waals surface area contributed by atoms with Crippen LogP contribution in [0.4, 0.5) is 0 Å². The highest BCUT2D eigenvalue weighted by atomic mass is 35.5. The van der Waals surface area contributed by atoms with Gasteiger partial charge in [-0.25, -0.2) is 4.98 Å². The summed E-state index contributed by atoms with van der Waals surface area (Å²) in [6.07, 6.45) is 0. The molecular formula is C11H14Cl2N2O2. The molecule has 6 heteroatoms. The van der Waals surface area contributed by atoms with Crippen molar-refractivity contribution in [1.29, 1.82) is 0 Å². The first-order chi connectivity index (χ1) is 7.95. The van der Waals surface area contributed by atoms with Crippen LogP contribution in [0.5, 0.6) is 0 Å². The third-order valence-electron chi connectivity index (χ3n) is 2.38. The van der Waals surface area contributed by atoms with Crippen LogP contribution >= 0.6 is 23.2 Å². The molecule has 0 saturated heterocycles. The van der Waals surface area contributed by atoms with Gasteiger partial charge in [-0.3, -0.25) is 4.79 Å². The Balaban J connectivity index is 2.82. The van der Waals surface area contributed by atoms with E-state index in [0.717, 1.165) is 0 Å². The number of carbonyl (C=O) groups excluding carboxylic acids is 1. The van der Waals surface area contributed by atoms with Gasteiger partial charge in [0, 0.05) is 0 Å². The minimum atomic E-state index is -0.369. The Morgan fingerprint density at radius 3 is 2.59 bits per heavy atom. The van der Waals surface area contributed by atoms with Gasteiger partial charge in [-0.05, 0) is 18.1 Å². The molecule has 1 atom stereocenters. The van der Waals surface area contributed by atoms with Crippen molar-refractivity contribution < 1.29 is 9.90 Å². The summed E-state index contributed by atoms with van der Waals surface area (Å²) in [5.41, 5.74) is 0.246. The third-order valence-corrected chi connectivity index (χ3v) is 2.88. The zero-order valence-corrected chi connectivity index (χ0v) is 11.1. The second-order valence-corrected chi connectivity index (χ2v) is 4.72. The Bertz CT molecular complexity index is 410. The fraction of sp³-hybridized carbons (Fsp3) is 0.455. The van der Waals surface area contributed by atoms with Gasteiger partial charge in [-0.2, -0.15) is 0 Å². The Labute approximate surface area is 110 Å². The maximum atomic E-state index is 11.9. The molecule has 1 amide bonds. The topological polar surface area (TPSA) is 62.2 Å². The molecule has 0 aliphatic heterocycles. The highest BCUT2D eigenvalue weighted by Crippen LogP contribution is 2.17. The Morgan fingerprint density at radius 1 is 1.47 bits per heavy atom. The smallest absolute Gasteiger partial charge is 0.254 e. The highest BCUT2D eigenvalue weighted by molar-refractivity contribution is 6.34. The monoisotopic (exact) mass is 276 g/mol. The largest absolute Gasteiger partial charge is 0.394 e. The van der Waals surface area contributed by atoms with Crippen LogP contribution in [-0.2, 0) is 0 Å². The fourth-order valence-corrected chi connectivity index (χ4v) is 1.68. The molecule has 0 bridgehead atoms. The summed E-state index contributed by atoms with van der Waals surface area (Å²) in [5.74, 6) is -0.241. The van der Waals surface area contributed by atoms with E-state index in [0.29, 0.717) is 0 Å². The van der Waals surface area contributed by atoms with E-state index >= 15 is 0 Å². The van der Waals surface area contributed by atoms with Gasteiger partial charge in [0.2, 0.25) is 0 Å². The van der Waals surface area contributed by atoms with Gasteiger partial charge in [-0.15, -0.1) is 0 Å². The molecule has 0 saturated carbocycles. The van der Waals surface area contributed by atoms with Crippen LogP contribution in [0.1, 0.15) is 24.2 Å². The third kappa shape index (κ3) is 3.84. The molecule has 4 nitrogen and oxygen atoms in total. The number of aromatic nitrogens is 1. The summed E-state index contributed by atoms with van der Waals surface area (Å²) in [7, 11) is 0. The van der Waals surface area contributed by atoms with Gasteiger partial charge in [0.1, 0.15) is 10.3 Å². The van der Waals surface area contributed by atoms with Crippen LogP contribution in [0, 0.1) is 5.92 Å². The molecular weight excluding hydrogens is 263 g/mol. The predicted octanol–water partition coefficient (Wildman–Crippen LogP) is 2.14. The van der Waals surface area contributed by atoms with Crippen molar-refractivity contribution in [2.24, 2.45) is 5.92 Å². The standard InChI is InChI=1S/C11H14Cl2N2O2/c1-6(2)8(5-16)14-11(17)7-3-4-9(12)15-10(7)13/h3-4,6,8,16H,5H2,1-2H3,(H,14,17)/t8-/m1/s1. The Kier molecular flexibility index (Phi) is 5.18. The van der Waals surface area contributed by atoms with Crippen molar-refractivity contribution in [2.75, 3.05) is 6.61 Å². The van der Waals surface area contributed by atoms with Crippen LogP contribution in [0.25, 0.3) is 0 Å². The number of rotatable bonds is 4. The molecule has 94 valence electrons. The molecule has 1 rings (SSSR count). The van der Waals surface area contributed by atoms with Crippen molar-refractivity contribution in [2.45, 2.75) is 19.9 Å². The number of pyridine rings is 1. The molecule has 0 spiro atoms. The number of halogens is 2. The van der Waals surface area contributed by atoms with Crippen molar-refractivity contribution in [3.8, 4) is 0 Å². The second kappa shape index (κ2) is 6.19. The lowest BCUT2D eigenvalue weighted by Crippen LogP contribution is -2.41. The maximum Gasteiger partial charge on any atom is 0.254 e. The molecule has 0 aliphatic carbocycles. The summed E-state index contributed by atoms with van der Waals surface area (Å²) in [6.45, 7) is 3.69. The number of nitrogens with one attached hydrogen (secondary N) is 1. The van der Waals surface area contributed by atoms with Crippen molar-refractivity contribution in [3.05, 3.63) is 28.0 Å². The first-order valence-electron chi connectivity index (χ1n) is 5.19. The zero-order valence-electron chi connectivity index (χ0n) is 9.58. The number of carbonyl (C=O) groups is 1. The molecule has 2 N–H and O–H groups in total. The SMILES string of the molecule is CC(C)[C@@H](CO)NC(=O)c1ccc(Cl)nc1Cl. The first kappa shape index (κ1) is 14.2. The molecule has 1 aromatic heterocycles. The average molecular weight is 277 g/mol. The summed E-state index contributed by atoms with van der Waals surface area (Å²) in [6, 6.07) is 2.68. The second-order valence-electron chi connectivity index (χ2n) is 3.98.